The van der Waals surface area contributed by atoms with Crippen LogP contribution < -0.4 is 10.6 Å². The normalized spacial score (nSPS) is 10.9. The van der Waals surface area contributed by atoms with Gasteiger partial charge in [-0.1, -0.05) is 36.4 Å². The summed E-state index contributed by atoms with van der Waals surface area (Å²) < 4.78 is 14.3. The number of amides is 1. The smallest absolute Gasteiger partial charge is 0.268 e. The maximum absolute atomic E-state index is 13.3. The van der Waals surface area contributed by atoms with E-state index >= 15 is 0 Å². The van der Waals surface area contributed by atoms with Crippen molar-refractivity contribution in [3.63, 3.8) is 0 Å². The van der Waals surface area contributed by atoms with E-state index in [2.05, 4.69) is 0 Å². The number of halogens is 1. The molecule has 134 valence electrons. The number of anilines is 2. The van der Waals surface area contributed by atoms with E-state index in [1.54, 1.807) is 30.1 Å². The van der Waals surface area contributed by atoms with Crippen molar-refractivity contribution in [1.82, 2.24) is 0 Å². The fourth-order valence-corrected chi connectivity index (χ4v) is 4.18. The third-order valence-electron chi connectivity index (χ3n) is 4.53. The molecular weight excluding hydrogens is 359 g/mol. The van der Waals surface area contributed by atoms with Gasteiger partial charge in [0.25, 0.3) is 5.91 Å². The lowest BCUT2D eigenvalue weighted by Gasteiger charge is -2.18. The van der Waals surface area contributed by atoms with Gasteiger partial charge >= 0.3 is 0 Å². The van der Waals surface area contributed by atoms with Gasteiger partial charge in [-0.2, -0.15) is 0 Å². The maximum atomic E-state index is 13.3. The molecule has 0 saturated heterocycles. The van der Waals surface area contributed by atoms with E-state index in [1.165, 1.54) is 23.5 Å². The number of rotatable bonds is 3. The molecule has 1 aromatic heterocycles. The molecular formula is C22H17FN2OS. The fraction of sp³-hybridized carbons (Fsp3) is 0.0455. The Morgan fingerprint density at radius 3 is 2.48 bits per heavy atom. The lowest BCUT2D eigenvalue weighted by molar-refractivity contribution is 0.0997. The summed E-state index contributed by atoms with van der Waals surface area (Å²) in [5.74, 6) is -0.381. The molecule has 27 heavy (non-hydrogen) atoms. The van der Waals surface area contributed by atoms with Crippen molar-refractivity contribution < 1.29 is 9.18 Å². The molecule has 0 aliphatic carbocycles. The highest BCUT2D eigenvalue weighted by Crippen LogP contribution is 2.35. The van der Waals surface area contributed by atoms with Gasteiger partial charge in [-0.25, -0.2) is 4.39 Å². The van der Waals surface area contributed by atoms with Gasteiger partial charge in [0.1, 0.15) is 5.82 Å². The van der Waals surface area contributed by atoms with Crippen LogP contribution in [0.25, 0.3) is 21.2 Å². The second-order valence-electron chi connectivity index (χ2n) is 6.26. The van der Waals surface area contributed by atoms with Crippen molar-refractivity contribution in [3.8, 4) is 11.1 Å². The fourth-order valence-electron chi connectivity index (χ4n) is 3.12. The van der Waals surface area contributed by atoms with Crippen LogP contribution in [0, 0.1) is 5.82 Å². The maximum Gasteiger partial charge on any atom is 0.268 e. The number of hydrogen-bond acceptors (Lipinski definition) is 3. The van der Waals surface area contributed by atoms with Gasteiger partial charge in [0.15, 0.2) is 0 Å². The van der Waals surface area contributed by atoms with E-state index in [1.807, 2.05) is 42.5 Å². The first-order chi connectivity index (χ1) is 13.0. The molecule has 0 bridgehead atoms. The summed E-state index contributed by atoms with van der Waals surface area (Å²) in [7, 11) is 1.72. The largest absolute Gasteiger partial charge is 0.397 e. The lowest BCUT2D eigenvalue weighted by atomic mass is 10.0. The zero-order chi connectivity index (χ0) is 19.0. The Hall–Kier alpha value is -3.18. The molecule has 0 aliphatic rings. The van der Waals surface area contributed by atoms with Gasteiger partial charge in [-0.15, -0.1) is 11.3 Å². The van der Waals surface area contributed by atoms with Crippen LogP contribution in [0.1, 0.15) is 9.67 Å². The van der Waals surface area contributed by atoms with Crippen molar-refractivity contribution in [3.05, 3.63) is 83.5 Å². The van der Waals surface area contributed by atoms with Gasteiger partial charge in [-0.05, 0) is 47.5 Å². The van der Waals surface area contributed by atoms with Crippen LogP contribution in [0.15, 0.2) is 72.8 Å². The van der Waals surface area contributed by atoms with Gasteiger partial charge < -0.3 is 10.6 Å². The second kappa shape index (κ2) is 6.85. The number of thiophene rings is 1. The van der Waals surface area contributed by atoms with Crippen LogP contribution in [-0.2, 0) is 0 Å². The third kappa shape index (κ3) is 3.17. The van der Waals surface area contributed by atoms with Crippen LogP contribution in [0.3, 0.4) is 0 Å². The van der Waals surface area contributed by atoms with Crippen molar-refractivity contribution in [2.45, 2.75) is 0 Å². The van der Waals surface area contributed by atoms with Gasteiger partial charge in [0, 0.05) is 17.1 Å². The number of nitrogens with two attached hydrogens (primary N) is 1. The molecule has 0 aliphatic heterocycles. The number of para-hydroxylation sites is 2. The molecule has 3 aromatic carbocycles. The summed E-state index contributed by atoms with van der Waals surface area (Å²) in [6.07, 6.45) is 0. The molecule has 2 N–H and O–H groups in total. The SMILES string of the molecule is CN(C(=O)c1cc2c(-c3ccc(F)cc3)cccc2s1)c1ccccc1N. The standard InChI is InChI=1S/C22H17FN2OS/c1-25(19-7-3-2-6-18(19)24)22(26)21-13-17-16(5-4-8-20(17)27-21)14-9-11-15(23)12-10-14/h2-13H,24H2,1H3. The summed E-state index contributed by atoms with van der Waals surface area (Å²) >= 11 is 1.44. The van der Waals surface area contributed by atoms with E-state index < -0.39 is 0 Å². The predicted octanol–water partition coefficient (Wildman–Crippen LogP) is 5.57. The Bertz CT molecular complexity index is 1130. The quantitative estimate of drug-likeness (QED) is 0.475. The van der Waals surface area contributed by atoms with Crippen molar-refractivity contribution in [2.24, 2.45) is 0 Å². The van der Waals surface area contributed by atoms with Gasteiger partial charge in [0.2, 0.25) is 0 Å². The molecule has 4 aromatic rings. The number of fused-ring (bicyclic) bond motifs is 1. The van der Waals surface area contributed by atoms with E-state index in [4.69, 9.17) is 5.73 Å². The van der Waals surface area contributed by atoms with Crippen molar-refractivity contribution >= 4 is 38.7 Å². The van der Waals surface area contributed by atoms with Gasteiger partial charge in [-0.3, -0.25) is 4.79 Å². The molecule has 0 fully saturated rings. The Morgan fingerprint density at radius 1 is 1.00 bits per heavy atom. The number of benzene rings is 3. The monoisotopic (exact) mass is 376 g/mol. The second-order valence-corrected chi connectivity index (χ2v) is 7.34. The molecule has 1 heterocycles. The highest BCUT2D eigenvalue weighted by Gasteiger charge is 2.19. The van der Waals surface area contributed by atoms with E-state index in [-0.39, 0.29) is 11.7 Å². The average Bonchev–Trinajstić information content (AvgIpc) is 3.12. The number of carbonyl (C=O) groups excluding carboxylic acids is 1. The number of nitrogens with zero attached hydrogens (tertiary/aromatic N) is 1. The van der Waals surface area contributed by atoms with E-state index in [9.17, 15) is 9.18 Å². The molecule has 1 amide bonds. The van der Waals surface area contributed by atoms with Crippen molar-refractivity contribution in [2.75, 3.05) is 17.7 Å². The third-order valence-corrected chi connectivity index (χ3v) is 5.62. The molecule has 4 rings (SSSR count). The number of carbonyl (C=O) groups is 1. The van der Waals surface area contributed by atoms with Crippen LogP contribution in [-0.4, -0.2) is 13.0 Å². The molecule has 5 heteroatoms. The highest BCUT2D eigenvalue weighted by atomic mass is 32.1. The van der Waals surface area contributed by atoms with Crippen LogP contribution in [0.4, 0.5) is 15.8 Å². The first-order valence-corrected chi connectivity index (χ1v) is 9.27. The highest BCUT2D eigenvalue weighted by molar-refractivity contribution is 7.21. The Kier molecular flexibility index (Phi) is 4.38. The number of nitrogen functional groups attached to an aromatic ring is 1. The van der Waals surface area contributed by atoms with Crippen LogP contribution in [0.2, 0.25) is 0 Å². The minimum absolute atomic E-state index is 0.112. The summed E-state index contributed by atoms with van der Waals surface area (Å²) in [5, 5.41) is 0.979. The average molecular weight is 376 g/mol. The Labute approximate surface area is 160 Å². The first-order valence-electron chi connectivity index (χ1n) is 8.45. The minimum Gasteiger partial charge on any atom is -0.397 e. The Balaban J connectivity index is 1.76. The molecule has 0 unspecified atom stereocenters. The summed E-state index contributed by atoms with van der Waals surface area (Å²) in [4.78, 5) is 15.2. The molecule has 3 nitrogen and oxygen atoms in total. The topological polar surface area (TPSA) is 46.3 Å². The zero-order valence-corrected chi connectivity index (χ0v) is 15.5. The van der Waals surface area contributed by atoms with E-state index in [0.717, 1.165) is 21.2 Å². The lowest BCUT2D eigenvalue weighted by Crippen LogP contribution is -2.26. The summed E-state index contributed by atoms with van der Waals surface area (Å²) in [6, 6.07) is 21.5. The van der Waals surface area contributed by atoms with Crippen LogP contribution >= 0.6 is 11.3 Å². The molecule has 0 spiro atoms. The molecule has 0 atom stereocenters. The van der Waals surface area contributed by atoms with Crippen molar-refractivity contribution in [1.29, 1.82) is 0 Å². The zero-order valence-electron chi connectivity index (χ0n) is 14.6. The first kappa shape index (κ1) is 17.2. The minimum atomic E-state index is -0.269. The summed E-state index contributed by atoms with van der Waals surface area (Å²) in [6.45, 7) is 0. The van der Waals surface area contributed by atoms with Gasteiger partial charge in [0.05, 0.1) is 16.3 Å². The van der Waals surface area contributed by atoms with Crippen LogP contribution in [0.5, 0.6) is 0 Å². The summed E-state index contributed by atoms with van der Waals surface area (Å²) in [5.41, 5.74) is 9.13. The molecule has 0 radical (unpaired) electrons. The predicted molar refractivity (Wildman–Crippen MR) is 111 cm³/mol. The molecule has 0 saturated carbocycles. The Morgan fingerprint density at radius 2 is 1.74 bits per heavy atom. The van der Waals surface area contributed by atoms with E-state index in [0.29, 0.717) is 16.3 Å². The number of hydrogen-bond donors (Lipinski definition) is 1.